The predicted molar refractivity (Wildman–Crippen MR) is 97.3 cm³/mol. The number of nitrogens with zero attached hydrogens (tertiary/aromatic N) is 1. The van der Waals surface area contributed by atoms with Crippen molar-refractivity contribution in [3.8, 4) is 6.07 Å². The summed E-state index contributed by atoms with van der Waals surface area (Å²) in [5.74, 6) is 4.40. The van der Waals surface area contributed by atoms with Crippen molar-refractivity contribution in [2.75, 3.05) is 0 Å². The second-order valence-electron chi connectivity index (χ2n) is 9.37. The minimum atomic E-state index is -0.0749. The van der Waals surface area contributed by atoms with E-state index in [1.54, 1.807) is 0 Å². The molecule has 0 aliphatic heterocycles. The van der Waals surface area contributed by atoms with E-state index in [-0.39, 0.29) is 10.8 Å². The number of hydrogen-bond donors (Lipinski definition) is 0. The van der Waals surface area contributed by atoms with E-state index in [1.807, 2.05) is 6.08 Å². The van der Waals surface area contributed by atoms with Crippen LogP contribution in [0.1, 0.15) is 58.8 Å². The van der Waals surface area contributed by atoms with Crippen molar-refractivity contribution < 1.29 is 4.79 Å². The van der Waals surface area contributed by atoms with Crippen LogP contribution in [0.3, 0.4) is 0 Å². The van der Waals surface area contributed by atoms with Gasteiger partial charge in [-0.1, -0.05) is 26.0 Å². The van der Waals surface area contributed by atoms with Crippen molar-refractivity contribution in [3.63, 3.8) is 0 Å². The molecular formula is C23H29NO. The van der Waals surface area contributed by atoms with Gasteiger partial charge in [-0.05, 0) is 91.1 Å². The summed E-state index contributed by atoms with van der Waals surface area (Å²) in [6, 6.07) is 2.89. The first kappa shape index (κ1) is 15.9. The van der Waals surface area contributed by atoms with Gasteiger partial charge >= 0.3 is 0 Å². The Morgan fingerprint density at radius 1 is 1.24 bits per heavy atom. The Labute approximate surface area is 151 Å². The van der Waals surface area contributed by atoms with Gasteiger partial charge in [-0.15, -0.1) is 0 Å². The molecule has 0 amide bonds. The predicted octanol–water partition coefficient (Wildman–Crippen LogP) is 5.07. The number of nitriles is 1. The molecule has 2 nitrogen and oxygen atoms in total. The lowest BCUT2D eigenvalue weighted by atomic mass is 9.46. The van der Waals surface area contributed by atoms with Crippen molar-refractivity contribution in [1.29, 1.82) is 5.26 Å². The third-order valence-electron chi connectivity index (χ3n) is 9.17. The Balaban J connectivity index is 1.59. The average molecular weight is 335 g/mol. The number of hydrogen-bond acceptors (Lipinski definition) is 2. The van der Waals surface area contributed by atoms with Crippen LogP contribution in [0.25, 0.3) is 0 Å². The van der Waals surface area contributed by atoms with Crippen LogP contribution >= 0.6 is 0 Å². The third kappa shape index (κ3) is 1.73. The van der Waals surface area contributed by atoms with E-state index in [1.165, 1.54) is 24.8 Å². The lowest BCUT2D eigenvalue weighted by molar-refractivity contribution is -0.115. The highest BCUT2D eigenvalue weighted by Gasteiger charge is 2.76. The summed E-state index contributed by atoms with van der Waals surface area (Å²) >= 11 is 0. The SMILES string of the molecule is CCC1(C#N)[C@H]2C[C@H]2[C@H]2[C@@H]3C=CC4=CC(=O)CC[C@@H]4[C@H]3CC[C@@]21CC. The van der Waals surface area contributed by atoms with Gasteiger partial charge in [0.1, 0.15) is 0 Å². The second-order valence-corrected chi connectivity index (χ2v) is 9.37. The first-order valence-corrected chi connectivity index (χ1v) is 10.5. The van der Waals surface area contributed by atoms with Crippen LogP contribution < -0.4 is 0 Å². The fourth-order valence-electron chi connectivity index (χ4n) is 8.21. The van der Waals surface area contributed by atoms with Crippen molar-refractivity contribution in [1.82, 2.24) is 0 Å². The molecule has 132 valence electrons. The van der Waals surface area contributed by atoms with E-state index in [9.17, 15) is 10.1 Å². The van der Waals surface area contributed by atoms with Crippen molar-refractivity contribution >= 4 is 5.78 Å². The molecule has 8 atom stereocenters. The third-order valence-corrected chi connectivity index (χ3v) is 9.17. The van der Waals surface area contributed by atoms with Gasteiger partial charge in [0.15, 0.2) is 5.78 Å². The lowest BCUT2D eigenvalue weighted by Gasteiger charge is -2.57. The van der Waals surface area contributed by atoms with Crippen LogP contribution in [0.2, 0.25) is 0 Å². The summed E-state index contributed by atoms with van der Waals surface area (Å²) in [5, 5.41) is 10.2. The fourth-order valence-corrected chi connectivity index (χ4v) is 8.21. The van der Waals surface area contributed by atoms with Crippen molar-refractivity contribution in [3.05, 3.63) is 23.8 Å². The maximum Gasteiger partial charge on any atom is 0.155 e. The molecule has 3 saturated carbocycles. The Kier molecular flexibility index (Phi) is 3.23. The highest BCUT2D eigenvalue weighted by atomic mass is 16.1. The van der Waals surface area contributed by atoms with Gasteiger partial charge in [-0.25, -0.2) is 0 Å². The Morgan fingerprint density at radius 3 is 2.80 bits per heavy atom. The zero-order valence-electron chi connectivity index (χ0n) is 15.5. The van der Waals surface area contributed by atoms with E-state index in [0.717, 1.165) is 31.6 Å². The maximum absolute atomic E-state index is 11.8. The maximum atomic E-state index is 11.8. The zero-order chi connectivity index (χ0) is 17.4. The molecule has 0 bridgehead atoms. The molecule has 0 heterocycles. The standard InChI is InChI=1S/C23H29NO/c1-3-22-10-9-17-16-8-6-15(25)11-14(16)5-7-18(17)21(22)19-12-20(19)23(22,4-2)13-24/h5,7,11,16-21H,3-4,6,8-10,12H2,1-2H3/t16-,17+,18+,19+,20-,21+,22-,23?/m0/s1. The molecule has 1 unspecified atom stereocenters. The Morgan fingerprint density at radius 2 is 2.08 bits per heavy atom. The smallest absolute Gasteiger partial charge is 0.155 e. The molecule has 5 rings (SSSR count). The van der Waals surface area contributed by atoms with E-state index in [4.69, 9.17) is 0 Å². The molecule has 0 aromatic carbocycles. The van der Waals surface area contributed by atoms with Gasteiger partial charge in [0, 0.05) is 6.42 Å². The number of rotatable bonds is 2. The van der Waals surface area contributed by atoms with Crippen LogP contribution in [0.15, 0.2) is 23.8 Å². The normalized spacial score (nSPS) is 52.4. The lowest BCUT2D eigenvalue weighted by Crippen LogP contribution is -2.51. The van der Waals surface area contributed by atoms with Gasteiger partial charge in [0.2, 0.25) is 0 Å². The zero-order valence-corrected chi connectivity index (χ0v) is 15.5. The monoisotopic (exact) mass is 335 g/mol. The van der Waals surface area contributed by atoms with Gasteiger partial charge in [-0.3, -0.25) is 4.79 Å². The van der Waals surface area contributed by atoms with E-state index < -0.39 is 0 Å². The van der Waals surface area contributed by atoms with E-state index >= 15 is 0 Å². The molecule has 5 aliphatic carbocycles. The summed E-state index contributed by atoms with van der Waals surface area (Å²) in [4.78, 5) is 11.8. The first-order chi connectivity index (χ1) is 12.1. The molecule has 0 radical (unpaired) electrons. The molecule has 0 saturated heterocycles. The van der Waals surface area contributed by atoms with E-state index in [2.05, 4.69) is 32.1 Å². The van der Waals surface area contributed by atoms with Gasteiger partial charge in [0.25, 0.3) is 0 Å². The summed E-state index contributed by atoms with van der Waals surface area (Å²) < 4.78 is 0. The van der Waals surface area contributed by atoms with Gasteiger partial charge in [0.05, 0.1) is 11.5 Å². The topological polar surface area (TPSA) is 40.9 Å². The number of carbonyl (C=O) groups excluding carboxylic acids is 1. The van der Waals surface area contributed by atoms with Crippen molar-refractivity contribution in [2.24, 2.45) is 46.3 Å². The average Bonchev–Trinajstić information content (AvgIpc) is 3.38. The molecule has 5 aliphatic rings. The molecule has 0 spiro atoms. The number of ketones is 1. The van der Waals surface area contributed by atoms with E-state index in [0.29, 0.717) is 35.4 Å². The Bertz CT molecular complexity index is 727. The molecule has 0 aromatic rings. The van der Waals surface area contributed by atoms with Crippen molar-refractivity contribution in [2.45, 2.75) is 58.8 Å². The van der Waals surface area contributed by atoms with Gasteiger partial charge < -0.3 is 0 Å². The molecule has 3 fully saturated rings. The second kappa shape index (κ2) is 5.09. The molecule has 0 N–H and O–H groups in total. The van der Waals surface area contributed by atoms with Crippen LogP contribution in [0, 0.1) is 57.7 Å². The summed E-state index contributed by atoms with van der Waals surface area (Å²) in [6.45, 7) is 4.60. The highest BCUT2D eigenvalue weighted by Crippen LogP contribution is 2.80. The van der Waals surface area contributed by atoms with Gasteiger partial charge in [-0.2, -0.15) is 5.26 Å². The molecule has 0 aromatic heterocycles. The first-order valence-electron chi connectivity index (χ1n) is 10.5. The van der Waals surface area contributed by atoms with Crippen LogP contribution in [-0.2, 0) is 4.79 Å². The summed E-state index contributed by atoms with van der Waals surface area (Å²) in [7, 11) is 0. The number of fused-ring (bicyclic) bond motifs is 7. The van der Waals surface area contributed by atoms with Crippen LogP contribution in [0.4, 0.5) is 0 Å². The fraction of sp³-hybridized carbons (Fsp3) is 0.739. The summed E-state index contributed by atoms with van der Waals surface area (Å²) in [5.41, 5.74) is 1.46. The van der Waals surface area contributed by atoms with Crippen LogP contribution in [-0.4, -0.2) is 5.78 Å². The summed E-state index contributed by atoms with van der Waals surface area (Å²) in [6.07, 6.45) is 14.4. The number of carbonyl (C=O) groups is 1. The molecule has 2 heteroatoms. The largest absolute Gasteiger partial charge is 0.295 e. The minimum absolute atomic E-state index is 0.0749. The highest BCUT2D eigenvalue weighted by molar-refractivity contribution is 5.91. The Hall–Kier alpha value is -1.36. The molecule has 25 heavy (non-hydrogen) atoms. The number of allylic oxidation sites excluding steroid dienone is 4. The van der Waals surface area contributed by atoms with Crippen LogP contribution in [0.5, 0.6) is 0 Å². The molecular weight excluding hydrogens is 306 g/mol. The quantitative estimate of drug-likeness (QED) is 0.707. The minimum Gasteiger partial charge on any atom is -0.295 e.